The molecule has 6 heteroatoms. The van der Waals surface area contributed by atoms with Crippen molar-refractivity contribution in [3.8, 4) is 5.75 Å². The molecular formula is C28H29FN2O3. The van der Waals surface area contributed by atoms with Crippen LogP contribution in [-0.2, 0) is 16.2 Å². The van der Waals surface area contributed by atoms with Crippen molar-refractivity contribution in [3.05, 3.63) is 101 Å². The predicted octanol–water partition coefficient (Wildman–Crippen LogP) is 5.55. The molecule has 3 aromatic rings. The fraction of sp³-hybridized carbons (Fsp3) is 0.286. The Balaban J connectivity index is 1.55. The number of ether oxygens (including phenoxy) is 1. The first kappa shape index (κ1) is 23.5. The van der Waals surface area contributed by atoms with Crippen LogP contribution in [0.1, 0.15) is 42.4 Å². The van der Waals surface area contributed by atoms with Crippen LogP contribution in [0.3, 0.4) is 0 Å². The first-order chi connectivity index (χ1) is 16.6. The van der Waals surface area contributed by atoms with Gasteiger partial charge in [0, 0.05) is 24.1 Å². The van der Waals surface area contributed by atoms with Crippen LogP contribution in [-0.4, -0.2) is 36.3 Å². The van der Waals surface area contributed by atoms with Crippen LogP contribution in [0, 0.1) is 5.82 Å². The number of nitrogens with zero attached hydrogens (tertiary/aromatic N) is 2. The standard InChI is InChI=1S/C28H29FN2O3/c1-3-23(20-11-5-4-6-12-20)28(32)31(18-21-13-7-9-15-25(21)29)19-22-17-26(30-34-22)24-14-8-10-16-27(24)33-2/h4-16,22-23H,3,17-19H2,1-2H3/t22-,23+/m0/s1. The quantitative estimate of drug-likeness (QED) is 0.421. The molecule has 0 aromatic heterocycles. The topological polar surface area (TPSA) is 51.1 Å². The van der Waals surface area contributed by atoms with Crippen LogP contribution < -0.4 is 4.74 Å². The molecule has 0 aliphatic carbocycles. The molecule has 4 rings (SSSR count). The summed E-state index contributed by atoms with van der Waals surface area (Å²) in [6.45, 7) is 2.46. The van der Waals surface area contributed by atoms with Gasteiger partial charge in [0.1, 0.15) is 11.6 Å². The largest absolute Gasteiger partial charge is 0.496 e. The van der Waals surface area contributed by atoms with Crippen LogP contribution in [0.4, 0.5) is 4.39 Å². The summed E-state index contributed by atoms with van der Waals surface area (Å²) in [5.74, 6) is 0.0292. The molecule has 0 spiro atoms. The fourth-order valence-corrected chi connectivity index (χ4v) is 4.34. The zero-order valence-electron chi connectivity index (χ0n) is 19.5. The van der Waals surface area contributed by atoms with Crippen molar-refractivity contribution in [1.29, 1.82) is 0 Å². The molecule has 34 heavy (non-hydrogen) atoms. The van der Waals surface area contributed by atoms with Crippen molar-refractivity contribution in [2.75, 3.05) is 13.7 Å². The summed E-state index contributed by atoms with van der Waals surface area (Å²) in [5.41, 5.74) is 3.07. The molecule has 5 nitrogen and oxygen atoms in total. The first-order valence-electron chi connectivity index (χ1n) is 11.5. The number of methoxy groups -OCH3 is 1. The van der Waals surface area contributed by atoms with Crippen molar-refractivity contribution in [2.45, 2.75) is 38.3 Å². The summed E-state index contributed by atoms with van der Waals surface area (Å²) in [7, 11) is 1.62. The van der Waals surface area contributed by atoms with Crippen molar-refractivity contribution in [3.63, 3.8) is 0 Å². The average molecular weight is 461 g/mol. The van der Waals surface area contributed by atoms with E-state index in [1.165, 1.54) is 6.07 Å². The Morgan fingerprint density at radius 3 is 2.53 bits per heavy atom. The summed E-state index contributed by atoms with van der Waals surface area (Å²) in [5, 5.41) is 4.28. The van der Waals surface area contributed by atoms with Crippen LogP contribution in [0.25, 0.3) is 0 Å². The van der Waals surface area contributed by atoms with Gasteiger partial charge in [-0.15, -0.1) is 0 Å². The molecule has 0 saturated heterocycles. The normalized spacial score (nSPS) is 15.9. The number of benzene rings is 3. The highest BCUT2D eigenvalue weighted by Gasteiger charge is 2.31. The first-order valence-corrected chi connectivity index (χ1v) is 11.5. The summed E-state index contributed by atoms with van der Waals surface area (Å²) in [6.07, 6.45) is 0.846. The number of oxime groups is 1. The molecule has 0 radical (unpaired) electrons. The molecule has 0 N–H and O–H groups in total. The fourth-order valence-electron chi connectivity index (χ4n) is 4.34. The lowest BCUT2D eigenvalue weighted by Gasteiger charge is -2.29. The van der Waals surface area contributed by atoms with Crippen molar-refractivity contribution in [2.24, 2.45) is 5.16 Å². The third-order valence-corrected chi connectivity index (χ3v) is 6.11. The second-order valence-electron chi connectivity index (χ2n) is 8.35. The van der Waals surface area contributed by atoms with Gasteiger partial charge in [-0.1, -0.05) is 72.7 Å². The highest BCUT2D eigenvalue weighted by molar-refractivity contribution is 6.03. The Hall–Kier alpha value is -3.67. The molecule has 176 valence electrons. The Labute approximate surface area is 199 Å². The summed E-state index contributed by atoms with van der Waals surface area (Å²) < 4.78 is 20.0. The Kier molecular flexibility index (Phi) is 7.58. The van der Waals surface area contributed by atoms with Gasteiger partial charge in [0.15, 0.2) is 6.10 Å². The molecule has 2 atom stereocenters. The van der Waals surface area contributed by atoms with E-state index >= 15 is 0 Å². The van der Waals surface area contributed by atoms with Crippen molar-refractivity contribution in [1.82, 2.24) is 4.90 Å². The molecule has 0 unspecified atom stereocenters. The lowest BCUT2D eigenvalue weighted by Crippen LogP contribution is -2.40. The van der Waals surface area contributed by atoms with E-state index in [1.54, 1.807) is 30.2 Å². The molecule has 0 saturated carbocycles. The minimum Gasteiger partial charge on any atom is -0.496 e. The Morgan fingerprint density at radius 1 is 1.09 bits per heavy atom. The van der Waals surface area contributed by atoms with Gasteiger partial charge < -0.3 is 14.5 Å². The number of rotatable bonds is 9. The number of carbonyl (C=O) groups excluding carboxylic acids is 1. The molecule has 1 aliphatic rings. The molecule has 3 aromatic carbocycles. The van der Waals surface area contributed by atoms with Crippen molar-refractivity contribution >= 4 is 11.6 Å². The van der Waals surface area contributed by atoms with E-state index in [2.05, 4.69) is 5.16 Å². The van der Waals surface area contributed by atoms with Crippen LogP contribution in [0.2, 0.25) is 0 Å². The van der Waals surface area contributed by atoms with Crippen LogP contribution >= 0.6 is 0 Å². The molecule has 0 fully saturated rings. The van der Waals surface area contributed by atoms with Gasteiger partial charge in [-0.05, 0) is 30.2 Å². The highest BCUT2D eigenvalue weighted by Crippen LogP contribution is 2.28. The van der Waals surface area contributed by atoms with Gasteiger partial charge >= 0.3 is 0 Å². The minimum absolute atomic E-state index is 0.0497. The van der Waals surface area contributed by atoms with Crippen molar-refractivity contribution < 1.29 is 18.8 Å². The third kappa shape index (κ3) is 5.28. The zero-order valence-corrected chi connectivity index (χ0v) is 19.5. The second kappa shape index (κ2) is 11.0. The number of carbonyl (C=O) groups is 1. The van der Waals surface area contributed by atoms with Crippen LogP contribution in [0.5, 0.6) is 5.75 Å². The number of hydrogen-bond donors (Lipinski definition) is 0. The van der Waals surface area contributed by atoms with E-state index in [0.29, 0.717) is 24.9 Å². The second-order valence-corrected chi connectivity index (χ2v) is 8.35. The van der Waals surface area contributed by atoms with E-state index < -0.39 is 0 Å². The molecular weight excluding hydrogens is 431 g/mol. The maximum Gasteiger partial charge on any atom is 0.230 e. The lowest BCUT2D eigenvalue weighted by molar-refractivity contribution is -0.135. The smallest absolute Gasteiger partial charge is 0.230 e. The maximum absolute atomic E-state index is 14.5. The predicted molar refractivity (Wildman–Crippen MR) is 130 cm³/mol. The SMILES string of the molecule is CC[C@@H](C(=O)N(Cc1ccccc1F)C[C@@H]1CC(c2ccccc2OC)=NO1)c1ccccc1. The van der Waals surface area contributed by atoms with Crippen LogP contribution in [0.15, 0.2) is 84.0 Å². The minimum atomic E-state index is -0.330. The van der Waals surface area contributed by atoms with E-state index in [9.17, 15) is 9.18 Å². The van der Waals surface area contributed by atoms with E-state index in [0.717, 1.165) is 22.6 Å². The Morgan fingerprint density at radius 2 is 1.79 bits per heavy atom. The number of halogens is 1. The van der Waals surface area contributed by atoms with E-state index in [-0.39, 0.29) is 30.3 Å². The van der Waals surface area contributed by atoms with Gasteiger partial charge in [0.05, 0.1) is 25.3 Å². The van der Waals surface area contributed by atoms with Gasteiger partial charge in [-0.3, -0.25) is 4.79 Å². The van der Waals surface area contributed by atoms with E-state index in [1.807, 2.05) is 61.5 Å². The zero-order chi connectivity index (χ0) is 23.9. The molecule has 0 bridgehead atoms. The highest BCUT2D eigenvalue weighted by atomic mass is 19.1. The molecule has 1 heterocycles. The van der Waals surface area contributed by atoms with Gasteiger partial charge in [-0.2, -0.15) is 0 Å². The maximum atomic E-state index is 14.5. The van der Waals surface area contributed by atoms with E-state index in [4.69, 9.17) is 9.57 Å². The number of para-hydroxylation sites is 1. The molecule has 1 amide bonds. The third-order valence-electron chi connectivity index (χ3n) is 6.11. The number of amides is 1. The lowest BCUT2D eigenvalue weighted by atomic mass is 9.94. The monoisotopic (exact) mass is 460 g/mol. The number of hydrogen-bond acceptors (Lipinski definition) is 4. The summed E-state index contributed by atoms with van der Waals surface area (Å²) in [4.78, 5) is 21.2. The Bertz CT molecular complexity index is 1150. The summed E-state index contributed by atoms with van der Waals surface area (Å²) in [6, 6.07) is 23.9. The van der Waals surface area contributed by atoms with Gasteiger partial charge in [0.2, 0.25) is 5.91 Å². The molecule has 1 aliphatic heterocycles. The van der Waals surface area contributed by atoms with Gasteiger partial charge in [-0.25, -0.2) is 4.39 Å². The summed E-state index contributed by atoms with van der Waals surface area (Å²) >= 11 is 0. The average Bonchev–Trinajstić information content (AvgIpc) is 3.34. The van der Waals surface area contributed by atoms with Gasteiger partial charge in [0.25, 0.3) is 0 Å².